The first kappa shape index (κ1) is 27.9. The maximum atomic E-state index is 13.8. The number of aryl methyl sites for hydroxylation is 2. The van der Waals surface area contributed by atoms with Crippen molar-refractivity contribution in [2.45, 2.75) is 51.6 Å². The number of carbonyl (C=O) groups excluding carboxylic acids is 2. The molecule has 3 aromatic rings. The molecule has 0 unspecified atom stereocenters. The zero-order valence-electron chi connectivity index (χ0n) is 21.8. The molecule has 1 N–H and O–H groups in total. The molecule has 196 valence electrons. The van der Waals surface area contributed by atoms with Crippen molar-refractivity contribution in [2.75, 3.05) is 17.4 Å². The summed E-state index contributed by atoms with van der Waals surface area (Å²) in [6, 6.07) is 22.1. The second kappa shape index (κ2) is 12.5. The molecule has 0 saturated carbocycles. The Labute approximate surface area is 220 Å². The number of amides is 2. The van der Waals surface area contributed by atoms with E-state index in [-0.39, 0.29) is 17.3 Å². The fraction of sp³-hybridized carbons (Fsp3) is 0.310. The smallest absolute Gasteiger partial charge is 0.264 e. The van der Waals surface area contributed by atoms with Crippen molar-refractivity contribution in [3.05, 3.63) is 95.6 Å². The van der Waals surface area contributed by atoms with Crippen molar-refractivity contribution >= 4 is 27.5 Å². The minimum atomic E-state index is -4.06. The second-order valence-corrected chi connectivity index (χ2v) is 11.0. The van der Waals surface area contributed by atoms with Crippen LogP contribution in [0.15, 0.2) is 83.8 Å². The van der Waals surface area contributed by atoms with E-state index in [1.807, 2.05) is 57.2 Å². The summed E-state index contributed by atoms with van der Waals surface area (Å²) in [5.41, 5.74) is 3.00. The Hall–Kier alpha value is -3.65. The van der Waals surface area contributed by atoms with Gasteiger partial charge in [-0.3, -0.25) is 13.9 Å². The summed E-state index contributed by atoms with van der Waals surface area (Å²) < 4.78 is 28.7. The molecule has 8 heteroatoms. The largest absolute Gasteiger partial charge is 0.354 e. The van der Waals surface area contributed by atoms with E-state index in [1.54, 1.807) is 37.3 Å². The molecule has 0 aliphatic heterocycles. The molecule has 0 saturated heterocycles. The van der Waals surface area contributed by atoms with E-state index in [9.17, 15) is 18.0 Å². The topological polar surface area (TPSA) is 86.8 Å². The van der Waals surface area contributed by atoms with Crippen molar-refractivity contribution in [2.24, 2.45) is 0 Å². The average Bonchev–Trinajstić information content (AvgIpc) is 2.88. The first-order chi connectivity index (χ1) is 17.6. The molecule has 0 radical (unpaired) electrons. The number of carbonyl (C=O) groups is 2. The first-order valence-corrected chi connectivity index (χ1v) is 13.8. The summed E-state index contributed by atoms with van der Waals surface area (Å²) in [5.74, 6) is -0.753. The van der Waals surface area contributed by atoms with Gasteiger partial charge >= 0.3 is 0 Å². The monoisotopic (exact) mass is 521 g/mol. The Morgan fingerprint density at radius 1 is 0.892 bits per heavy atom. The van der Waals surface area contributed by atoms with Gasteiger partial charge in [-0.2, -0.15) is 0 Å². The zero-order chi connectivity index (χ0) is 27.0. The number of benzene rings is 3. The highest BCUT2D eigenvalue weighted by atomic mass is 32.2. The van der Waals surface area contributed by atoms with E-state index in [2.05, 4.69) is 5.32 Å². The quantitative estimate of drug-likeness (QED) is 0.404. The molecule has 0 aromatic heterocycles. The van der Waals surface area contributed by atoms with Crippen LogP contribution in [-0.2, 0) is 26.2 Å². The van der Waals surface area contributed by atoms with Crippen molar-refractivity contribution in [1.82, 2.24) is 10.2 Å². The Kier molecular flexibility index (Phi) is 9.47. The molecule has 0 spiro atoms. The summed E-state index contributed by atoms with van der Waals surface area (Å²) in [7, 11) is -4.06. The highest BCUT2D eigenvalue weighted by Gasteiger charge is 2.32. The summed E-state index contributed by atoms with van der Waals surface area (Å²) in [6.07, 6.45) is 0.765. The van der Waals surface area contributed by atoms with Crippen LogP contribution in [0, 0.1) is 13.8 Å². The van der Waals surface area contributed by atoms with Crippen LogP contribution in [0.2, 0.25) is 0 Å². The van der Waals surface area contributed by atoms with E-state index in [1.165, 1.54) is 17.0 Å². The molecular formula is C29H35N3O4S. The van der Waals surface area contributed by atoms with Crippen LogP contribution >= 0.6 is 0 Å². The lowest BCUT2D eigenvalue weighted by Crippen LogP contribution is -2.51. The van der Waals surface area contributed by atoms with Crippen LogP contribution in [0.1, 0.15) is 37.0 Å². The van der Waals surface area contributed by atoms with Gasteiger partial charge in [0, 0.05) is 13.1 Å². The first-order valence-electron chi connectivity index (χ1n) is 12.4. The van der Waals surface area contributed by atoms with Gasteiger partial charge in [0.25, 0.3) is 10.0 Å². The predicted octanol–water partition coefficient (Wildman–Crippen LogP) is 4.44. The van der Waals surface area contributed by atoms with E-state index < -0.39 is 28.5 Å². The van der Waals surface area contributed by atoms with Gasteiger partial charge in [0.2, 0.25) is 11.8 Å². The zero-order valence-corrected chi connectivity index (χ0v) is 22.7. The van der Waals surface area contributed by atoms with E-state index in [4.69, 9.17) is 0 Å². The van der Waals surface area contributed by atoms with Gasteiger partial charge in [-0.05, 0) is 68.1 Å². The van der Waals surface area contributed by atoms with Crippen molar-refractivity contribution in [3.8, 4) is 0 Å². The third kappa shape index (κ3) is 7.20. The highest BCUT2D eigenvalue weighted by Crippen LogP contribution is 2.26. The van der Waals surface area contributed by atoms with Crippen molar-refractivity contribution in [3.63, 3.8) is 0 Å². The molecule has 0 bridgehead atoms. The van der Waals surface area contributed by atoms with Gasteiger partial charge in [-0.25, -0.2) is 8.42 Å². The number of anilines is 1. The van der Waals surface area contributed by atoms with Gasteiger partial charge in [0.05, 0.1) is 10.6 Å². The number of hydrogen-bond donors (Lipinski definition) is 1. The van der Waals surface area contributed by atoms with Gasteiger partial charge < -0.3 is 10.2 Å². The summed E-state index contributed by atoms with van der Waals surface area (Å²) in [4.78, 5) is 28.2. The maximum absolute atomic E-state index is 13.8. The Morgan fingerprint density at radius 2 is 1.46 bits per heavy atom. The van der Waals surface area contributed by atoms with Gasteiger partial charge in [-0.1, -0.05) is 61.5 Å². The van der Waals surface area contributed by atoms with E-state index in [0.717, 1.165) is 27.4 Å². The highest BCUT2D eigenvalue weighted by molar-refractivity contribution is 7.92. The number of hydrogen-bond acceptors (Lipinski definition) is 4. The van der Waals surface area contributed by atoms with E-state index in [0.29, 0.717) is 12.2 Å². The molecule has 0 fully saturated rings. The molecular weight excluding hydrogens is 486 g/mol. The third-order valence-corrected chi connectivity index (χ3v) is 7.80. The standard InChI is InChI=1S/C29H35N3O4S/c1-5-16-30-29(34)24(4)31(20-25-12-8-6-9-13-25)28(33)21-32(26-18-22(2)17-23(3)19-26)37(35,36)27-14-10-7-11-15-27/h6-15,17-19,24H,5,16,20-21H2,1-4H3,(H,30,34)/t24-/m0/s1. The molecule has 7 nitrogen and oxygen atoms in total. The SMILES string of the molecule is CCCNC(=O)[C@H](C)N(Cc1ccccc1)C(=O)CN(c1cc(C)cc(C)c1)S(=O)(=O)c1ccccc1. The van der Waals surface area contributed by atoms with Gasteiger partial charge in [-0.15, -0.1) is 0 Å². The molecule has 3 rings (SSSR count). The number of rotatable bonds is 11. The van der Waals surface area contributed by atoms with Crippen LogP contribution in [0.25, 0.3) is 0 Å². The molecule has 3 aromatic carbocycles. The number of sulfonamides is 1. The fourth-order valence-corrected chi connectivity index (χ4v) is 5.52. The van der Waals surface area contributed by atoms with Crippen LogP contribution in [-0.4, -0.2) is 44.3 Å². The minimum absolute atomic E-state index is 0.0882. The van der Waals surface area contributed by atoms with Crippen molar-refractivity contribution < 1.29 is 18.0 Å². The Bertz CT molecular complexity index is 1290. The molecule has 37 heavy (non-hydrogen) atoms. The van der Waals surface area contributed by atoms with Crippen LogP contribution in [0.4, 0.5) is 5.69 Å². The molecule has 2 amide bonds. The van der Waals surface area contributed by atoms with Crippen molar-refractivity contribution in [1.29, 1.82) is 0 Å². The lowest BCUT2D eigenvalue weighted by atomic mass is 10.1. The fourth-order valence-electron chi connectivity index (χ4n) is 4.10. The molecule has 0 aliphatic rings. The lowest BCUT2D eigenvalue weighted by molar-refractivity contribution is -0.139. The molecule has 0 aliphatic carbocycles. The van der Waals surface area contributed by atoms with Crippen LogP contribution < -0.4 is 9.62 Å². The molecule has 1 atom stereocenters. The average molecular weight is 522 g/mol. The van der Waals surface area contributed by atoms with Gasteiger partial charge in [0.15, 0.2) is 0 Å². The second-order valence-electron chi connectivity index (χ2n) is 9.14. The summed E-state index contributed by atoms with van der Waals surface area (Å²) in [5, 5.41) is 2.84. The van der Waals surface area contributed by atoms with Crippen LogP contribution in [0.5, 0.6) is 0 Å². The Morgan fingerprint density at radius 3 is 2.03 bits per heavy atom. The number of nitrogens with one attached hydrogen (secondary N) is 1. The Balaban J connectivity index is 2.03. The summed E-state index contributed by atoms with van der Waals surface area (Å²) >= 11 is 0. The normalized spacial score (nSPS) is 12.0. The van der Waals surface area contributed by atoms with Gasteiger partial charge in [0.1, 0.15) is 12.6 Å². The third-order valence-electron chi connectivity index (χ3n) is 6.02. The van der Waals surface area contributed by atoms with E-state index >= 15 is 0 Å². The minimum Gasteiger partial charge on any atom is -0.354 e. The maximum Gasteiger partial charge on any atom is 0.264 e. The lowest BCUT2D eigenvalue weighted by Gasteiger charge is -2.32. The predicted molar refractivity (Wildman–Crippen MR) is 147 cm³/mol. The van der Waals surface area contributed by atoms with Crippen LogP contribution in [0.3, 0.4) is 0 Å². The summed E-state index contributed by atoms with van der Waals surface area (Å²) in [6.45, 7) is 7.60. The number of nitrogens with zero attached hydrogens (tertiary/aromatic N) is 2. The molecule has 0 heterocycles.